The van der Waals surface area contributed by atoms with Crippen LogP contribution in [0.3, 0.4) is 0 Å². The van der Waals surface area contributed by atoms with Crippen molar-refractivity contribution in [2.45, 2.75) is 19.9 Å². The monoisotopic (exact) mass is 270 g/mol. The summed E-state index contributed by atoms with van der Waals surface area (Å²) in [5, 5.41) is 9.54. The summed E-state index contributed by atoms with van der Waals surface area (Å²) >= 11 is 5.87. The molecule has 0 atom stereocenters. The van der Waals surface area contributed by atoms with E-state index < -0.39 is 11.9 Å². The number of carbonyl (C=O) groups excluding carboxylic acids is 1. The Bertz CT molecular complexity index is 474. The fourth-order valence-electron chi connectivity index (χ4n) is 1.64. The minimum atomic E-state index is -1.07. The molecular weight excluding hydrogens is 256 g/mol. The summed E-state index contributed by atoms with van der Waals surface area (Å²) in [6, 6.07) is 4.36. The number of anilines is 1. The van der Waals surface area contributed by atoms with Gasteiger partial charge in [0, 0.05) is 11.1 Å². The molecule has 0 unspecified atom stereocenters. The van der Waals surface area contributed by atoms with Gasteiger partial charge < -0.3 is 15.7 Å². The summed E-state index contributed by atoms with van der Waals surface area (Å²) in [5.41, 5.74) is 5.66. The summed E-state index contributed by atoms with van der Waals surface area (Å²) in [4.78, 5) is 23.8. The van der Waals surface area contributed by atoms with Gasteiger partial charge in [-0.1, -0.05) is 11.6 Å². The van der Waals surface area contributed by atoms with Gasteiger partial charge in [0.25, 0.3) is 0 Å². The number of halogens is 1. The minimum absolute atomic E-state index is 0.0573. The van der Waals surface area contributed by atoms with Crippen molar-refractivity contribution in [3.05, 3.63) is 28.8 Å². The molecule has 1 rings (SSSR count). The van der Waals surface area contributed by atoms with Gasteiger partial charge in [-0.3, -0.25) is 4.79 Å². The molecule has 0 aliphatic rings. The summed E-state index contributed by atoms with van der Waals surface area (Å²) < 4.78 is 0. The Balaban J connectivity index is 3.29. The number of primary amides is 1. The van der Waals surface area contributed by atoms with Gasteiger partial charge in [0.05, 0.1) is 17.8 Å². The highest BCUT2D eigenvalue weighted by molar-refractivity contribution is 6.31. The van der Waals surface area contributed by atoms with Crippen LogP contribution in [-0.4, -0.2) is 29.6 Å². The maximum atomic E-state index is 11.2. The molecule has 18 heavy (non-hydrogen) atoms. The molecule has 1 amide bonds. The van der Waals surface area contributed by atoms with E-state index in [2.05, 4.69) is 0 Å². The van der Waals surface area contributed by atoms with E-state index in [-0.39, 0.29) is 18.2 Å². The molecule has 6 heteroatoms. The van der Waals surface area contributed by atoms with Gasteiger partial charge in [-0.15, -0.1) is 0 Å². The second-order valence-electron chi connectivity index (χ2n) is 4.15. The van der Waals surface area contributed by atoms with Crippen LogP contribution in [-0.2, 0) is 4.79 Å². The second-order valence-corrected chi connectivity index (χ2v) is 4.59. The highest BCUT2D eigenvalue weighted by atomic mass is 35.5. The lowest BCUT2D eigenvalue weighted by molar-refractivity contribution is -0.116. The van der Waals surface area contributed by atoms with Crippen LogP contribution in [0.4, 0.5) is 5.69 Å². The highest BCUT2D eigenvalue weighted by Gasteiger charge is 2.20. The lowest BCUT2D eigenvalue weighted by atomic mass is 10.1. The van der Waals surface area contributed by atoms with Crippen molar-refractivity contribution in [1.29, 1.82) is 0 Å². The zero-order valence-corrected chi connectivity index (χ0v) is 10.9. The fraction of sp³-hybridized carbons (Fsp3) is 0.333. The first-order valence-electron chi connectivity index (χ1n) is 5.40. The van der Waals surface area contributed by atoms with Crippen molar-refractivity contribution in [3.63, 3.8) is 0 Å². The first kappa shape index (κ1) is 14.3. The number of benzene rings is 1. The smallest absolute Gasteiger partial charge is 0.337 e. The van der Waals surface area contributed by atoms with Gasteiger partial charge >= 0.3 is 5.97 Å². The second kappa shape index (κ2) is 5.73. The summed E-state index contributed by atoms with van der Waals surface area (Å²) in [7, 11) is 0. The predicted octanol–water partition coefficient (Wildman–Crippen LogP) is 1.74. The maximum Gasteiger partial charge on any atom is 0.337 e. The van der Waals surface area contributed by atoms with Gasteiger partial charge in [0.2, 0.25) is 5.91 Å². The molecule has 0 saturated carbocycles. The number of hydrogen-bond donors (Lipinski definition) is 2. The predicted molar refractivity (Wildman–Crippen MR) is 70.1 cm³/mol. The third-order valence-electron chi connectivity index (χ3n) is 2.45. The first-order chi connectivity index (χ1) is 8.32. The van der Waals surface area contributed by atoms with Crippen molar-refractivity contribution in [2.24, 2.45) is 5.73 Å². The zero-order valence-electron chi connectivity index (χ0n) is 10.2. The van der Waals surface area contributed by atoms with Crippen LogP contribution < -0.4 is 10.6 Å². The van der Waals surface area contributed by atoms with E-state index in [9.17, 15) is 9.59 Å². The van der Waals surface area contributed by atoms with Gasteiger partial charge in [0.1, 0.15) is 0 Å². The fourth-order valence-corrected chi connectivity index (χ4v) is 1.80. The molecule has 5 nitrogen and oxygen atoms in total. The number of carboxylic acid groups (broad SMARTS) is 1. The van der Waals surface area contributed by atoms with E-state index in [0.29, 0.717) is 10.7 Å². The molecule has 98 valence electrons. The molecule has 0 aromatic heterocycles. The number of amides is 1. The van der Waals surface area contributed by atoms with Crippen molar-refractivity contribution in [2.75, 3.05) is 11.4 Å². The lowest BCUT2D eigenvalue weighted by Crippen LogP contribution is -2.39. The molecule has 0 bridgehead atoms. The summed E-state index contributed by atoms with van der Waals surface area (Å²) in [5.74, 6) is -1.60. The van der Waals surface area contributed by atoms with Crippen molar-refractivity contribution >= 4 is 29.2 Å². The number of rotatable bonds is 5. The van der Waals surface area contributed by atoms with Gasteiger partial charge in [-0.05, 0) is 32.0 Å². The van der Waals surface area contributed by atoms with Gasteiger partial charge in [-0.2, -0.15) is 0 Å². The Labute approximate surface area is 110 Å². The van der Waals surface area contributed by atoms with Crippen LogP contribution in [0.2, 0.25) is 5.02 Å². The van der Waals surface area contributed by atoms with Gasteiger partial charge in [-0.25, -0.2) is 4.79 Å². The van der Waals surface area contributed by atoms with Crippen LogP contribution in [0.5, 0.6) is 0 Å². The largest absolute Gasteiger partial charge is 0.478 e. The molecule has 0 aliphatic heterocycles. The third-order valence-corrected chi connectivity index (χ3v) is 2.68. The van der Waals surface area contributed by atoms with E-state index in [1.165, 1.54) is 18.2 Å². The Kier molecular flexibility index (Phi) is 4.55. The lowest BCUT2D eigenvalue weighted by Gasteiger charge is -2.29. The number of hydrogen-bond acceptors (Lipinski definition) is 3. The number of nitrogens with zero attached hydrogens (tertiary/aromatic N) is 1. The first-order valence-corrected chi connectivity index (χ1v) is 5.78. The van der Waals surface area contributed by atoms with Crippen LogP contribution in [0, 0.1) is 0 Å². The molecular formula is C12H15ClN2O3. The average Bonchev–Trinajstić information content (AvgIpc) is 2.24. The Hall–Kier alpha value is -1.75. The normalized spacial score (nSPS) is 10.4. The molecule has 0 spiro atoms. The number of carboxylic acids is 1. The molecule has 1 aromatic rings. The van der Waals surface area contributed by atoms with Crippen molar-refractivity contribution in [3.8, 4) is 0 Å². The molecule has 3 N–H and O–H groups in total. The van der Waals surface area contributed by atoms with Crippen LogP contribution in [0.15, 0.2) is 18.2 Å². The summed E-state index contributed by atoms with van der Waals surface area (Å²) in [6.07, 6.45) is 0. The number of nitrogens with two attached hydrogens (primary N) is 1. The zero-order chi connectivity index (χ0) is 13.9. The van der Waals surface area contributed by atoms with Gasteiger partial charge in [0.15, 0.2) is 0 Å². The van der Waals surface area contributed by atoms with E-state index in [1.54, 1.807) is 4.90 Å². The van der Waals surface area contributed by atoms with Crippen LogP contribution in [0.1, 0.15) is 24.2 Å². The van der Waals surface area contributed by atoms with Crippen molar-refractivity contribution < 1.29 is 14.7 Å². The third kappa shape index (κ3) is 3.37. The Morgan fingerprint density at radius 1 is 1.44 bits per heavy atom. The quantitative estimate of drug-likeness (QED) is 0.854. The molecule has 0 radical (unpaired) electrons. The van der Waals surface area contributed by atoms with E-state index in [4.69, 9.17) is 22.4 Å². The van der Waals surface area contributed by atoms with E-state index >= 15 is 0 Å². The van der Waals surface area contributed by atoms with E-state index in [0.717, 1.165) is 0 Å². The highest BCUT2D eigenvalue weighted by Crippen LogP contribution is 2.26. The molecule has 1 aromatic carbocycles. The number of carbonyl (C=O) groups is 2. The average molecular weight is 271 g/mol. The molecule has 0 aliphatic carbocycles. The molecule has 0 fully saturated rings. The van der Waals surface area contributed by atoms with Crippen LogP contribution >= 0.6 is 11.6 Å². The minimum Gasteiger partial charge on any atom is -0.478 e. The number of aromatic carboxylic acids is 1. The SMILES string of the molecule is CC(C)N(CC(N)=O)c1cc(Cl)ccc1C(=O)O. The van der Waals surface area contributed by atoms with Crippen LogP contribution in [0.25, 0.3) is 0 Å². The molecule has 0 saturated heterocycles. The summed E-state index contributed by atoms with van der Waals surface area (Å²) in [6.45, 7) is 3.63. The standard InChI is InChI=1S/C12H15ClN2O3/c1-7(2)15(6-11(14)16)10-5-8(13)3-4-9(10)12(17)18/h3-5,7H,6H2,1-2H3,(H2,14,16)(H,17,18). The van der Waals surface area contributed by atoms with E-state index in [1.807, 2.05) is 13.8 Å². The molecule has 0 heterocycles. The Morgan fingerprint density at radius 2 is 2.06 bits per heavy atom. The maximum absolute atomic E-state index is 11.2. The Morgan fingerprint density at radius 3 is 2.50 bits per heavy atom. The topological polar surface area (TPSA) is 83.6 Å². The van der Waals surface area contributed by atoms with Crippen molar-refractivity contribution in [1.82, 2.24) is 0 Å².